The summed E-state index contributed by atoms with van der Waals surface area (Å²) in [5, 5.41) is 3.55. The van der Waals surface area contributed by atoms with Crippen molar-refractivity contribution in [2.75, 3.05) is 11.9 Å². The van der Waals surface area contributed by atoms with E-state index in [1.165, 1.54) is 44.7 Å². The predicted molar refractivity (Wildman–Crippen MR) is 145 cm³/mol. The van der Waals surface area contributed by atoms with Crippen LogP contribution in [0.2, 0.25) is 5.15 Å². The van der Waals surface area contributed by atoms with Gasteiger partial charge < -0.3 is 14.5 Å². The number of hydrogen-bond donors (Lipinski definition) is 1. The Morgan fingerprint density at radius 3 is 2.44 bits per heavy atom. The highest BCUT2D eigenvalue weighted by molar-refractivity contribution is 6.35. The van der Waals surface area contributed by atoms with Crippen molar-refractivity contribution in [2.24, 2.45) is 5.41 Å². The summed E-state index contributed by atoms with van der Waals surface area (Å²) in [7, 11) is 0. The summed E-state index contributed by atoms with van der Waals surface area (Å²) < 4.78 is 25.8. The number of furan rings is 1. The number of anilines is 2. The molecule has 0 fully saturated rings. The van der Waals surface area contributed by atoms with E-state index >= 15 is 0 Å². The van der Waals surface area contributed by atoms with Gasteiger partial charge in [-0.25, -0.2) is 14.2 Å². The van der Waals surface area contributed by atoms with E-state index < -0.39 is 11.8 Å². The maximum Gasteiger partial charge on any atom is 0.376 e. The first-order valence-electron chi connectivity index (χ1n) is 13.0. The van der Waals surface area contributed by atoms with Crippen molar-refractivity contribution in [3.8, 4) is 0 Å². The second-order valence-corrected chi connectivity index (χ2v) is 10.8. The number of benzene rings is 1. The van der Waals surface area contributed by atoms with E-state index in [0.717, 1.165) is 24.8 Å². The molecule has 0 spiro atoms. The third-order valence-corrected chi connectivity index (χ3v) is 6.49. The number of ether oxygens (including phenoxy) is 1. The smallest absolute Gasteiger partial charge is 0.376 e. The van der Waals surface area contributed by atoms with Crippen molar-refractivity contribution >= 4 is 39.9 Å². The number of pyridine rings is 1. The van der Waals surface area contributed by atoms with Crippen LogP contribution in [0.3, 0.4) is 0 Å². The van der Waals surface area contributed by atoms with Crippen LogP contribution < -0.4 is 5.32 Å². The highest BCUT2D eigenvalue weighted by atomic mass is 35.5. The molecule has 196 valence electrons. The van der Waals surface area contributed by atoms with Crippen LogP contribution in [0.5, 0.6) is 0 Å². The molecule has 0 unspecified atom stereocenters. The Morgan fingerprint density at radius 2 is 1.78 bits per heavy atom. The molecule has 0 atom stereocenters. The fraction of sp³-hybridized carbons (Fsp3) is 0.517. The molecule has 0 aliphatic carbocycles. The average molecular weight is 517 g/mol. The van der Waals surface area contributed by atoms with E-state index in [9.17, 15) is 9.18 Å². The first-order chi connectivity index (χ1) is 17.2. The zero-order valence-electron chi connectivity index (χ0n) is 21.9. The van der Waals surface area contributed by atoms with Crippen molar-refractivity contribution < 1.29 is 18.3 Å². The van der Waals surface area contributed by atoms with Crippen molar-refractivity contribution in [1.29, 1.82) is 0 Å². The number of esters is 1. The zero-order chi connectivity index (χ0) is 26.1. The van der Waals surface area contributed by atoms with Crippen molar-refractivity contribution in [1.82, 2.24) is 4.98 Å². The molecule has 3 aromatic rings. The number of nitrogens with one attached hydrogen (secondary N) is 1. The lowest BCUT2D eigenvalue weighted by Gasteiger charge is -2.17. The number of halogens is 2. The van der Waals surface area contributed by atoms with Gasteiger partial charge in [-0.3, -0.25) is 0 Å². The van der Waals surface area contributed by atoms with Gasteiger partial charge in [-0.2, -0.15) is 0 Å². The highest BCUT2D eigenvalue weighted by Gasteiger charge is 2.25. The van der Waals surface area contributed by atoms with E-state index in [1.807, 2.05) is 6.07 Å². The molecule has 0 amide bonds. The summed E-state index contributed by atoms with van der Waals surface area (Å²) in [4.78, 5) is 16.5. The Balaban J connectivity index is 1.56. The quantitative estimate of drug-likeness (QED) is 0.139. The normalized spacial score (nSPS) is 11.7. The van der Waals surface area contributed by atoms with E-state index in [1.54, 1.807) is 25.1 Å². The van der Waals surface area contributed by atoms with Crippen LogP contribution in [0.4, 0.5) is 15.8 Å². The largest absolute Gasteiger partial charge is 0.460 e. The fourth-order valence-corrected chi connectivity index (χ4v) is 4.53. The SMILES string of the molecule is CCOC(=O)c1oc2ccnc(Cl)c2c1Nc1ccc(CCCCCCCCCC(C)(C)C)cc1F. The topological polar surface area (TPSA) is 64.4 Å². The number of nitrogens with zero attached hydrogens (tertiary/aromatic N) is 1. The number of fused-ring (bicyclic) bond motifs is 1. The fourth-order valence-electron chi connectivity index (χ4n) is 4.28. The van der Waals surface area contributed by atoms with Gasteiger partial charge in [0.05, 0.1) is 17.7 Å². The molecule has 0 saturated carbocycles. The van der Waals surface area contributed by atoms with Gasteiger partial charge in [-0.15, -0.1) is 0 Å². The Hall–Kier alpha value is -2.60. The lowest BCUT2D eigenvalue weighted by molar-refractivity contribution is 0.0494. The Bertz CT molecular complexity index is 1150. The summed E-state index contributed by atoms with van der Waals surface area (Å²) in [6.07, 6.45) is 12.2. The van der Waals surface area contributed by atoms with Crippen LogP contribution in [0.1, 0.15) is 95.2 Å². The van der Waals surface area contributed by atoms with Gasteiger partial charge in [0.1, 0.15) is 22.2 Å². The van der Waals surface area contributed by atoms with Crippen LogP contribution >= 0.6 is 11.6 Å². The number of carbonyl (C=O) groups is 1. The lowest BCUT2D eigenvalue weighted by Crippen LogP contribution is -2.06. The summed E-state index contributed by atoms with van der Waals surface area (Å²) in [6, 6.07) is 6.73. The van der Waals surface area contributed by atoms with E-state index in [2.05, 4.69) is 31.1 Å². The van der Waals surface area contributed by atoms with E-state index in [0.29, 0.717) is 16.4 Å². The van der Waals surface area contributed by atoms with Crippen LogP contribution in [0.15, 0.2) is 34.9 Å². The first-order valence-corrected chi connectivity index (χ1v) is 13.4. The van der Waals surface area contributed by atoms with E-state index in [4.69, 9.17) is 20.8 Å². The summed E-state index contributed by atoms with van der Waals surface area (Å²) in [5.74, 6) is -1.13. The van der Waals surface area contributed by atoms with Crippen LogP contribution in [-0.4, -0.2) is 17.6 Å². The van der Waals surface area contributed by atoms with Gasteiger partial charge in [0.15, 0.2) is 0 Å². The summed E-state index contributed by atoms with van der Waals surface area (Å²) in [5.41, 5.74) is 2.22. The van der Waals surface area contributed by atoms with Crippen LogP contribution in [-0.2, 0) is 11.2 Å². The number of rotatable bonds is 13. The molecule has 7 heteroatoms. The van der Waals surface area contributed by atoms with Gasteiger partial charge in [0.2, 0.25) is 5.76 Å². The van der Waals surface area contributed by atoms with Gasteiger partial charge in [-0.1, -0.05) is 77.0 Å². The predicted octanol–water partition coefficient (Wildman–Crippen LogP) is 9.25. The number of hydrogen-bond acceptors (Lipinski definition) is 5. The van der Waals surface area contributed by atoms with Gasteiger partial charge in [0.25, 0.3) is 0 Å². The molecule has 36 heavy (non-hydrogen) atoms. The second kappa shape index (κ2) is 13.1. The third-order valence-electron chi connectivity index (χ3n) is 6.20. The molecule has 1 aromatic carbocycles. The Morgan fingerprint density at radius 1 is 1.08 bits per heavy atom. The van der Waals surface area contributed by atoms with Gasteiger partial charge in [-0.05, 0) is 55.4 Å². The number of aromatic nitrogens is 1. The molecule has 0 aliphatic heterocycles. The summed E-state index contributed by atoms with van der Waals surface area (Å²) >= 11 is 6.27. The molecule has 0 aliphatic rings. The zero-order valence-corrected chi connectivity index (χ0v) is 22.6. The molecule has 2 heterocycles. The first kappa shape index (κ1) is 28.0. The molecule has 0 radical (unpaired) electrons. The lowest BCUT2D eigenvalue weighted by atomic mass is 9.89. The molecule has 1 N–H and O–H groups in total. The molecule has 0 saturated heterocycles. The molecule has 0 bridgehead atoms. The van der Waals surface area contributed by atoms with Crippen LogP contribution in [0, 0.1) is 11.2 Å². The maximum atomic E-state index is 15.0. The standard InChI is InChI=1S/C29H38ClFN2O3/c1-5-35-28(34)26-25(24-23(36-26)16-18-32-27(24)30)33-22-15-14-20(19-21(22)31)13-11-9-7-6-8-10-12-17-29(2,3)4/h14-16,18-19,33H,5-13,17H2,1-4H3. The maximum absolute atomic E-state index is 15.0. The minimum Gasteiger partial charge on any atom is -0.460 e. The number of aryl methyl sites for hydroxylation is 1. The molecule has 2 aromatic heterocycles. The molecular formula is C29H38ClFN2O3. The number of unbranched alkanes of at least 4 members (excludes halogenated alkanes) is 6. The minimum atomic E-state index is -0.654. The third kappa shape index (κ3) is 7.95. The average Bonchev–Trinajstić information content (AvgIpc) is 3.19. The van der Waals surface area contributed by atoms with Crippen LogP contribution in [0.25, 0.3) is 11.0 Å². The highest BCUT2D eigenvalue weighted by Crippen LogP contribution is 2.37. The summed E-state index contributed by atoms with van der Waals surface area (Å²) in [6.45, 7) is 8.78. The molecule has 5 nitrogen and oxygen atoms in total. The molecule has 3 rings (SSSR count). The second-order valence-electron chi connectivity index (χ2n) is 10.5. The van der Waals surface area contributed by atoms with Crippen molar-refractivity contribution in [2.45, 2.75) is 85.5 Å². The Labute approximate surface area is 218 Å². The molecular weight excluding hydrogens is 479 g/mol. The van der Waals surface area contributed by atoms with Crippen molar-refractivity contribution in [3.63, 3.8) is 0 Å². The monoisotopic (exact) mass is 516 g/mol. The van der Waals surface area contributed by atoms with E-state index in [-0.39, 0.29) is 28.9 Å². The Kier molecular flexibility index (Phi) is 10.2. The number of carbonyl (C=O) groups excluding carboxylic acids is 1. The van der Waals surface area contributed by atoms with Gasteiger partial charge in [0, 0.05) is 6.20 Å². The minimum absolute atomic E-state index is 0.0661. The van der Waals surface area contributed by atoms with Crippen molar-refractivity contribution in [3.05, 3.63) is 52.8 Å². The van der Waals surface area contributed by atoms with Gasteiger partial charge >= 0.3 is 5.97 Å².